The van der Waals surface area contributed by atoms with E-state index in [1.807, 2.05) is 0 Å². The molecule has 1 aliphatic rings. The molecule has 1 atom stereocenters. The number of amides is 3. The van der Waals surface area contributed by atoms with Gasteiger partial charge in [-0.2, -0.15) is 0 Å². The Bertz CT molecular complexity index is 592. The maximum atomic E-state index is 12.1. The van der Waals surface area contributed by atoms with Crippen LogP contribution in [0.1, 0.15) is 17.4 Å². The van der Waals surface area contributed by atoms with Crippen molar-refractivity contribution < 1.29 is 24.3 Å². The third-order valence-corrected chi connectivity index (χ3v) is 3.10. The van der Waals surface area contributed by atoms with E-state index in [-0.39, 0.29) is 18.8 Å². The van der Waals surface area contributed by atoms with Gasteiger partial charge in [-0.1, -0.05) is 0 Å². The summed E-state index contributed by atoms with van der Waals surface area (Å²) in [5, 5.41) is 11.1. The number of piperazine rings is 1. The lowest BCUT2D eigenvalue weighted by molar-refractivity contribution is -0.149. The Labute approximate surface area is 114 Å². The summed E-state index contributed by atoms with van der Waals surface area (Å²) in [5.41, 5.74) is -0.0289. The van der Waals surface area contributed by atoms with Gasteiger partial charge in [-0.05, 0) is 19.1 Å². The molecule has 1 aromatic rings. The zero-order valence-electron chi connectivity index (χ0n) is 10.7. The lowest BCUT2D eigenvalue weighted by Crippen LogP contribution is -2.59. The van der Waals surface area contributed by atoms with Crippen molar-refractivity contribution in [3.8, 4) is 0 Å². The number of imide groups is 1. The summed E-state index contributed by atoms with van der Waals surface area (Å²) >= 11 is 0. The second kappa shape index (κ2) is 5.16. The number of hydrogen-bond donors (Lipinski definition) is 2. The molecule has 0 aromatic carbocycles. The molecule has 2 N–H and O–H groups in total. The predicted molar refractivity (Wildman–Crippen MR) is 65.7 cm³/mol. The minimum absolute atomic E-state index is 0.0289. The molecule has 2 rings (SSSR count). The smallest absolute Gasteiger partial charge is 0.352 e. The van der Waals surface area contributed by atoms with Gasteiger partial charge in [0.05, 0.1) is 0 Å². The molecule has 1 saturated heterocycles. The van der Waals surface area contributed by atoms with E-state index in [9.17, 15) is 19.2 Å². The molecule has 1 fully saturated rings. The van der Waals surface area contributed by atoms with Gasteiger partial charge < -0.3 is 14.6 Å². The van der Waals surface area contributed by atoms with Crippen molar-refractivity contribution >= 4 is 23.7 Å². The first-order valence-corrected chi connectivity index (χ1v) is 5.91. The van der Waals surface area contributed by atoms with Crippen LogP contribution in [0.4, 0.5) is 0 Å². The Kier molecular flexibility index (Phi) is 3.55. The molecule has 8 heteroatoms. The number of rotatable bonds is 3. The number of nitrogens with one attached hydrogen (secondary N) is 1. The number of aromatic carboxylic acids is 1. The van der Waals surface area contributed by atoms with Crippen LogP contribution in [0.25, 0.3) is 0 Å². The SMILES string of the molecule is CC1C(=O)NC(=O)CN1C(=O)Cn1cccc1C(=O)O. The van der Waals surface area contributed by atoms with E-state index in [4.69, 9.17) is 5.11 Å². The van der Waals surface area contributed by atoms with E-state index in [1.165, 1.54) is 29.8 Å². The van der Waals surface area contributed by atoms with Crippen molar-refractivity contribution in [1.82, 2.24) is 14.8 Å². The number of nitrogens with zero attached hydrogens (tertiary/aromatic N) is 2. The van der Waals surface area contributed by atoms with Crippen molar-refractivity contribution in [3.63, 3.8) is 0 Å². The Hall–Kier alpha value is -2.64. The zero-order chi connectivity index (χ0) is 14.9. The van der Waals surface area contributed by atoms with Crippen LogP contribution in [0, 0.1) is 0 Å². The lowest BCUT2D eigenvalue weighted by atomic mass is 10.2. The number of aromatic nitrogens is 1. The largest absolute Gasteiger partial charge is 0.477 e. The second-order valence-electron chi connectivity index (χ2n) is 4.44. The standard InChI is InChI=1S/C12H13N3O5/c1-7-11(18)13-9(16)5-15(7)10(17)6-14-4-2-3-8(14)12(19)20/h2-4,7H,5-6H2,1H3,(H,19,20)(H,13,16,18). The first-order chi connectivity index (χ1) is 9.40. The fourth-order valence-corrected chi connectivity index (χ4v) is 2.00. The number of carbonyl (C=O) groups excluding carboxylic acids is 3. The number of carboxylic acid groups (broad SMARTS) is 1. The molecule has 0 bridgehead atoms. The molecule has 3 amide bonds. The molecule has 20 heavy (non-hydrogen) atoms. The van der Waals surface area contributed by atoms with E-state index in [0.717, 1.165) is 4.90 Å². The predicted octanol–water partition coefficient (Wildman–Crippen LogP) is -0.940. The molecular formula is C12H13N3O5. The highest BCUT2D eigenvalue weighted by atomic mass is 16.4. The first kappa shape index (κ1) is 13.8. The highest BCUT2D eigenvalue weighted by Gasteiger charge is 2.33. The average molecular weight is 279 g/mol. The van der Waals surface area contributed by atoms with Gasteiger partial charge in [0.1, 0.15) is 24.8 Å². The monoisotopic (exact) mass is 279 g/mol. The number of carboxylic acids is 1. The molecular weight excluding hydrogens is 266 g/mol. The van der Waals surface area contributed by atoms with E-state index in [0.29, 0.717) is 0 Å². The van der Waals surface area contributed by atoms with Crippen LogP contribution in [-0.4, -0.2) is 50.9 Å². The molecule has 0 radical (unpaired) electrons. The summed E-state index contributed by atoms with van der Waals surface area (Å²) in [6, 6.07) is 2.12. The topological polar surface area (TPSA) is 109 Å². The van der Waals surface area contributed by atoms with Crippen molar-refractivity contribution in [1.29, 1.82) is 0 Å². The van der Waals surface area contributed by atoms with Crippen LogP contribution in [0.3, 0.4) is 0 Å². The summed E-state index contributed by atoms with van der Waals surface area (Å²) < 4.78 is 1.26. The van der Waals surface area contributed by atoms with Crippen molar-refractivity contribution in [2.75, 3.05) is 6.54 Å². The van der Waals surface area contributed by atoms with E-state index in [2.05, 4.69) is 5.32 Å². The molecule has 8 nitrogen and oxygen atoms in total. The van der Waals surface area contributed by atoms with Crippen LogP contribution in [-0.2, 0) is 20.9 Å². The van der Waals surface area contributed by atoms with Crippen LogP contribution < -0.4 is 5.32 Å². The molecule has 1 unspecified atom stereocenters. The molecule has 2 heterocycles. The van der Waals surface area contributed by atoms with Gasteiger partial charge in [-0.25, -0.2) is 4.79 Å². The van der Waals surface area contributed by atoms with Gasteiger partial charge in [-0.3, -0.25) is 19.7 Å². The third-order valence-electron chi connectivity index (χ3n) is 3.10. The summed E-state index contributed by atoms with van der Waals surface area (Å²) in [6.45, 7) is 1.06. The van der Waals surface area contributed by atoms with Gasteiger partial charge in [0.15, 0.2) is 0 Å². The molecule has 0 saturated carbocycles. The maximum absolute atomic E-state index is 12.1. The normalized spacial score (nSPS) is 18.9. The van der Waals surface area contributed by atoms with Gasteiger partial charge in [-0.15, -0.1) is 0 Å². The van der Waals surface area contributed by atoms with Gasteiger partial charge in [0.2, 0.25) is 17.7 Å². The summed E-state index contributed by atoms with van der Waals surface area (Å²) in [6.07, 6.45) is 1.46. The highest BCUT2D eigenvalue weighted by molar-refractivity contribution is 6.04. The minimum atomic E-state index is -1.15. The Morgan fingerprint density at radius 2 is 2.15 bits per heavy atom. The average Bonchev–Trinajstić information content (AvgIpc) is 2.81. The molecule has 1 aliphatic heterocycles. The minimum Gasteiger partial charge on any atom is -0.477 e. The van der Waals surface area contributed by atoms with Crippen molar-refractivity contribution in [2.24, 2.45) is 0 Å². The van der Waals surface area contributed by atoms with Crippen LogP contribution >= 0.6 is 0 Å². The molecule has 0 spiro atoms. The Morgan fingerprint density at radius 3 is 2.80 bits per heavy atom. The first-order valence-electron chi connectivity index (χ1n) is 5.91. The fourth-order valence-electron chi connectivity index (χ4n) is 2.00. The van der Waals surface area contributed by atoms with Gasteiger partial charge in [0, 0.05) is 6.20 Å². The third kappa shape index (κ3) is 2.53. The molecule has 1 aromatic heterocycles. The Balaban J connectivity index is 2.15. The van der Waals surface area contributed by atoms with Crippen molar-refractivity contribution in [3.05, 3.63) is 24.0 Å². The summed E-state index contributed by atoms with van der Waals surface area (Å²) in [4.78, 5) is 47.0. The van der Waals surface area contributed by atoms with Crippen LogP contribution in [0.15, 0.2) is 18.3 Å². The van der Waals surface area contributed by atoms with Gasteiger partial charge in [0.25, 0.3) is 0 Å². The lowest BCUT2D eigenvalue weighted by Gasteiger charge is -2.31. The fraction of sp³-hybridized carbons (Fsp3) is 0.333. The van der Waals surface area contributed by atoms with E-state index >= 15 is 0 Å². The quantitative estimate of drug-likeness (QED) is 0.694. The van der Waals surface area contributed by atoms with Crippen LogP contribution in [0.5, 0.6) is 0 Å². The zero-order valence-corrected chi connectivity index (χ0v) is 10.7. The highest BCUT2D eigenvalue weighted by Crippen LogP contribution is 2.09. The summed E-state index contributed by atoms with van der Waals surface area (Å²) in [5.74, 6) is -2.73. The maximum Gasteiger partial charge on any atom is 0.352 e. The molecule has 106 valence electrons. The Morgan fingerprint density at radius 1 is 1.45 bits per heavy atom. The second-order valence-corrected chi connectivity index (χ2v) is 4.44. The molecule has 0 aliphatic carbocycles. The van der Waals surface area contributed by atoms with Crippen molar-refractivity contribution in [2.45, 2.75) is 19.5 Å². The number of carbonyl (C=O) groups is 4. The summed E-state index contributed by atoms with van der Waals surface area (Å²) in [7, 11) is 0. The number of hydrogen-bond acceptors (Lipinski definition) is 4. The van der Waals surface area contributed by atoms with Gasteiger partial charge >= 0.3 is 5.97 Å². The van der Waals surface area contributed by atoms with E-state index < -0.39 is 29.7 Å². The van der Waals surface area contributed by atoms with E-state index in [1.54, 1.807) is 0 Å². The van der Waals surface area contributed by atoms with Crippen LogP contribution in [0.2, 0.25) is 0 Å².